The maximum Gasteiger partial charge on any atom is 0.130 e. The molecule has 0 spiro atoms. The largest absolute Gasteiger partial charge is 0.309 e. The summed E-state index contributed by atoms with van der Waals surface area (Å²) < 4.78 is 2.29. The van der Waals surface area contributed by atoms with E-state index >= 15 is 0 Å². The fourth-order valence-electron chi connectivity index (χ4n) is 4.00. The number of hydrogen-bond donors (Lipinski definition) is 0. The summed E-state index contributed by atoms with van der Waals surface area (Å²) in [5.41, 5.74) is 4.29. The summed E-state index contributed by atoms with van der Waals surface area (Å²) in [6, 6.07) is 33.0. The van der Waals surface area contributed by atoms with E-state index in [1.54, 1.807) is 6.08 Å². The molecule has 0 radical (unpaired) electrons. The lowest BCUT2D eigenvalue weighted by Gasteiger charge is -2.11. The monoisotopic (exact) mass is 369 g/mol. The first-order valence-electron chi connectivity index (χ1n) is 9.33. The van der Waals surface area contributed by atoms with Gasteiger partial charge in [-0.2, -0.15) is 10.5 Å². The lowest BCUT2D eigenvalue weighted by Crippen LogP contribution is -1.95. The van der Waals surface area contributed by atoms with Gasteiger partial charge in [0.2, 0.25) is 0 Å². The molecule has 0 aliphatic rings. The molecule has 3 nitrogen and oxygen atoms in total. The third-order valence-electron chi connectivity index (χ3n) is 5.26. The van der Waals surface area contributed by atoms with Gasteiger partial charge in [-0.1, -0.05) is 60.7 Å². The second-order valence-corrected chi connectivity index (χ2v) is 6.91. The van der Waals surface area contributed by atoms with Crippen LogP contribution in [0, 0.1) is 22.7 Å². The van der Waals surface area contributed by atoms with Gasteiger partial charge in [0.15, 0.2) is 0 Å². The number of allylic oxidation sites excluding steroid dienone is 1. The molecule has 0 atom stereocenters. The minimum Gasteiger partial charge on any atom is -0.309 e. The Morgan fingerprint density at radius 1 is 0.690 bits per heavy atom. The van der Waals surface area contributed by atoms with E-state index in [4.69, 9.17) is 10.5 Å². The van der Waals surface area contributed by atoms with Gasteiger partial charge in [-0.25, -0.2) is 0 Å². The summed E-state index contributed by atoms with van der Waals surface area (Å²) in [5.74, 6) is 0. The average Bonchev–Trinajstić information content (AvgIpc) is 3.10. The molecule has 0 aliphatic heterocycles. The highest BCUT2D eigenvalue weighted by Crippen LogP contribution is 2.35. The lowest BCUT2D eigenvalue weighted by molar-refractivity contribution is 1.20. The molecule has 0 fully saturated rings. The molecule has 0 aliphatic carbocycles. The molecule has 0 saturated carbocycles. The van der Waals surface area contributed by atoms with E-state index in [0.717, 1.165) is 33.1 Å². The van der Waals surface area contributed by atoms with Crippen LogP contribution in [0.5, 0.6) is 0 Å². The molecule has 0 N–H and O–H groups in total. The van der Waals surface area contributed by atoms with E-state index in [1.165, 1.54) is 10.8 Å². The van der Waals surface area contributed by atoms with Gasteiger partial charge >= 0.3 is 0 Å². The second kappa shape index (κ2) is 6.68. The lowest BCUT2D eigenvalue weighted by atomic mass is 10.1. The van der Waals surface area contributed by atoms with Gasteiger partial charge < -0.3 is 4.57 Å². The van der Waals surface area contributed by atoms with Crippen molar-refractivity contribution in [3.63, 3.8) is 0 Å². The summed E-state index contributed by atoms with van der Waals surface area (Å²) in [4.78, 5) is 0. The number of para-hydroxylation sites is 1. The molecule has 29 heavy (non-hydrogen) atoms. The summed E-state index contributed by atoms with van der Waals surface area (Å²) in [5, 5.41) is 22.8. The van der Waals surface area contributed by atoms with Gasteiger partial charge in [0.1, 0.15) is 17.7 Å². The van der Waals surface area contributed by atoms with Crippen LogP contribution in [0.4, 0.5) is 0 Å². The number of aromatic nitrogens is 1. The molecule has 4 aromatic carbocycles. The van der Waals surface area contributed by atoms with Gasteiger partial charge in [0, 0.05) is 16.2 Å². The molecule has 5 rings (SSSR count). The Labute approximate surface area is 168 Å². The normalized spacial score (nSPS) is 10.7. The molecule has 134 valence electrons. The molecule has 0 unspecified atom stereocenters. The van der Waals surface area contributed by atoms with Crippen molar-refractivity contribution in [3.8, 4) is 17.8 Å². The number of nitriles is 2. The SMILES string of the molecule is N#CC(C#N)=Cc1ccc2c(c1)c1ccccc1n2-c1cccc2ccccc12. The zero-order valence-electron chi connectivity index (χ0n) is 15.5. The van der Waals surface area contributed by atoms with Crippen LogP contribution in [0.15, 0.2) is 90.5 Å². The van der Waals surface area contributed by atoms with Gasteiger partial charge in [0.05, 0.1) is 16.7 Å². The minimum atomic E-state index is 0.0992. The van der Waals surface area contributed by atoms with Crippen LogP contribution in [-0.4, -0.2) is 4.57 Å². The van der Waals surface area contributed by atoms with Crippen LogP contribution in [0.2, 0.25) is 0 Å². The molecule has 3 heteroatoms. The maximum atomic E-state index is 9.08. The van der Waals surface area contributed by atoms with Crippen LogP contribution in [0.1, 0.15) is 5.56 Å². The van der Waals surface area contributed by atoms with Gasteiger partial charge in [-0.05, 0) is 41.3 Å². The Balaban J connectivity index is 1.88. The van der Waals surface area contributed by atoms with Gasteiger partial charge in [-0.3, -0.25) is 0 Å². The summed E-state index contributed by atoms with van der Waals surface area (Å²) in [6.45, 7) is 0. The van der Waals surface area contributed by atoms with Crippen molar-refractivity contribution in [3.05, 3.63) is 96.1 Å². The zero-order chi connectivity index (χ0) is 19.8. The highest BCUT2D eigenvalue weighted by Gasteiger charge is 2.14. The van der Waals surface area contributed by atoms with Gasteiger partial charge in [0.25, 0.3) is 0 Å². The summed E-state index contributed by atoms with van der Waals surface area (Å²) >= 11 is 0. The highest BCUT2D eigenvalue weighted by atomic mass is 15.0. The molecule has 5 aromatic rings. The van der Waals surface area contributed by atoms with E-state index in [-0.39, 0.29) is 5.57 Å². The van der Waals surface area contributed by atoms with E-state index in [1.807, 2.05) is 36.4 Å². The first kappa shape index (κ1) is 16.8. The van der Waals surface area contributed by atoms with Crippen molar-refractivity contribution >= 4 is 38.7 Å². The zero-order valence-corrected chi connectivity index (χ0v) is 15.5. The summed E-state index contributed by atoms with van der Waals surface area (Å²) in [6.07, 6.45) is 1.63. The first-order valence-corrected chi connectivity index (χ1v) is 9.33. The quantitative estimate of drug-likeness (QED) is 0.340. The predicted octanol–water partition coefficient (Wildman–Crippen LogP) is 6.37. The van der Waals surface area contributed by atoms with E-state index in [0.29, 0.717) is 0 Å². The van der Waals surface area contributed by atoms with Gasteiger partial charge in [-0.15, -0.1) is 0 Å². The van der Waals surface area contributed by atoms with Crippen molar-refractivity contribution in [1.82, 2.24) is 4.57 Å². The Morgan fingerprint density at radius 3 is 2.21 bits per heavy atom. The van der Waals surface area contributed by atoms with E-state index in [2.05, 4.69) is 65.2 Å². The van der Waals surface area contributed by atoms with Crippen LogP contribution in [0.3, 0.4) is 0 Å². The topological polar surface area (TPSA) is 52.5 Å². The van der Waals surface area contributed by atoms with E-state index < -0.39 is 0 Å². The maximum absolute atomic E-state index is 9.08. The molecule has 0 amide bonds. The molecule has 1 aromatic heterocycles. The number of hydrogen-bond acceptors (Lipinski definition) is 2. The Morgan fingerprint density at radius 2 is 1.38 bits per heavy atom. The predicted molar refractivity (Wildman–Crippen MR) is 117 cm³/mol. The van der Waals surface area contributed by atoms with Crippen LogP contribution >= 0.6 is 0 Å². The van der Waals surface area contributed by atoms with Crippen molar-refractivity contribution in [2.24, 2.45) is 0 Å². The van der Waals surface area contributed by atoms with Crippen molar-refractivity contribution in [2.45, 2.75) is 0 Å². The van der Waals surface area contributed by atoms with Crippen LogP contribution < -0.4 is 0 Å². The Hall–Kier alpha value is -4.34. The highest BCUT2D eigenvalue weighted by molar-refractivity contribution is 6.11. The molecule has 0 bridgehead atoms. The Kier molecular flexibility index (Phi) is 3.87. The minimum absolute atomic E-state index is 0.0992. The molecular weight excluding hydrogens is 354 g/mol. The Bertz CT molecular complexity index is 1500. The van der Waals surface area contributed by atoms with Crippen molar-refractivity contribution in [1.29, 1.82) is 10.5 Å². The van der Waals surface area contributed by atoms with Crippen molar-refractivity contribution in [2.75, 3.05) is 0 Å². The average molecular weight is 369 g/mol. The number of benzene rings is 4. The third-order valence-corrected chi connectivity index (χ3v) is 5.26. The number of rotatable bonds is 2. The smallest absolute Gasteiger partial charge is 0.130 e. The molecule has 1 heterocycles. The van der Waals surface area contributed by atoms with E-state index in [9.17, 15) is 0 Å². The fraction of sp³-hybridized carbons (Fsp3) is 0. The fourth-order valence-corrected chi connectivity index (χ4v) is 4.00. The second-order valence-electron chi connectivity index (χ2n) is 6.91. The van der Waals surface area contributed by atoms with Crippen molar-refractivity contribution < 1.29 is 0 Å². The number of fused-ring (bicyclic) bond motifs is 4. The third kappa shape index (κ3) is 2.65. The first-order chi connectivity index (χ1) is 14.3. The number of nitrogens with zero attached hydrogens (tertiary/aromatic N) is 3. The molecular formula is C26H15N3. The van der Waals surface area contributed by atoms with Crippen LogP contribution in [0.25, 0.3) is 44.3 Å². The summed E-state index contributed by atoms with van der Waals surface area (Å²) in [7, 11) is 0. The van der Waals surface area contributed by atoms with Crippen LogP contribution in [-0.2, 0) is 0 Å². The standard InChI is InChI=1S/C26H15N3/c27-16-19(17-28)14-18-12-13-26-23(15-18)22-9-3-4-10-25(22)29(26)24-11-5-7-20-6-1-2-8-21(20)24/h1-15H. The molecule has 0 saturated heterocycles.